The highest BCUT2D eigenvalue weighted by atomic mass is 32.1. The highest BCUT2D eigenvalue weighted by Gasteiger charge is 2.31. The quantitative estimate of drug-likeness (QED) is 0.661. The summed E-state index contributed by atoms with van der Waals surface area (Å²) in [5.74, 6) is 0.264. The van der Waals surface area contributed by atoms with E-state index in [0.717, 1.165) is 18.5 Å². The molecule has 1 aliphatic rings. The van der Waals surface area contributed by atoms with E-state index in [9.17, 15) is 4.79 Å². The van der Waals surface area contributed by atoms with Gasteiger partial charge in [-0.1, -0.05) is 0 Å². The van der Waals surface area contributed by atoms with Crippen LogP contribution in [0.15, 0.2) is 11.4 Å². The molecule has 82 valence electrons. The molecule has 0 fully saturated rings. The summed E-state index contributed by atoms with van der Waals surface area (Å²) in [6, 6.07) is 2.08. The van der Waals surface area contributed by atoms with Crippen molar-refractivity contribution in [2.24, 2.45) is 0 Å². The van der Waals surface area contributed by atoms with Crippen molar-refractivity contribution >= 4 is 22.9 Å². The van der Waals surface area contributed by atoms with E-state index < -0.39 is 0 Å². The van der Waals surface area contributed by atoms with Crippen LogP contribution in [-0.4, -0.2) is 11.4 Å². The number of thiophene rings is 1. The summed E-state index contributed by atoms with van der Waals surface area (Å²) in [4.78, 5) is 15.4. The average molecular weight is 223 g/mol. The number of aryl methyl sites for hydroxylation is 1. The van der Waals surface area contributed by atoms with Crippen molar-refractivity contribution in [3.8, 4) is 0 Å². The van der Waals surface area contributed by atoms with Gasteiger partial charge in [0.15, 0.2) is 0 Å². The molecule has 0 aliphatic carbocycles. The second kappa shape index (κ2) is 3.63. The van der Waals surface area contributed by atoms with Gasteiger partial charge in [-0.2, -0.15) is 0 Å². The summed E-state index contributed by atoms with van der Waals surface area (Å²) in [5.41, 5.74) is 1.02. The Bertz CT molecular complexity index is 375. The Morgan fingerprint density at radius 2 is 2.07 bits per heavy atom. The smallest absolute Gasteiger partial charge is 0.227 e. The number of amides is 1. The van der Waals surface area contributed by atoms with Gasteiger partial charge in [0.25, 0.3) is 0 Å². The normalized spacial score (nSPS) is 17.5. The van der Waals surface area contributed by atoms with Crippen molar-refractivity contribution in [1.82, 2.24) is 0 Å². The Labute approximate surface area is 94.9 Å². The van der Waals surface area contributed by atoms with Crippen molar-refractivity contribution < 1.29 is 4.79 Å². The zero-order valence-corrected chi connectivity index (χ0v) is 10.4. The van der Waals surface area contributed by atoms with Gasteiger partial charge < -0.3 is 4.90 Å². The molecule has 0 bridgehead atoms. The van der Waals surface area contributed by atoms with E-state index in [1.807, 2.05) is 4.90 Å². The van der Waals surface area contributed by atoms with Gasteiger partial charge in [0.05, 0.1) is 5.69 Å². The molecule has 0 spiro atoms. The molecule has 1 aromatic heterocycles. The summed E-state index contributed by atoms with van der Waals surface area (Å²) in [5, 5.41) is 2.09. The van der Waals surface area contributed by atoms with Gasteiger partial charge in [-0.3, -0.25) is 4.79 Å². The molecule has 1 amide bonds. The van der Waals surface area contributed by atoms with Gasteiger partial charge in [0.1, 0.15) is 0 Å². The molecule has 2 heterocycles. The van der Waals surface area contributed by atoms with Gasteiger partial charge in [0, 0.05) is 16.8 Å². The van der Waals surface area contributed by atoms with E-state index in [4.69, 9.17) is 0 Å². The minimum absolute atomic E-state index is 0.114. The zero-order chi connectivity index (χ0) is 11.1. The number of carbonyl (C=O) groups is 1. The number of hydrogen-bond acceptors (Lipinski definition) is 2. The molecule has 1 aromatic rings. The number of hydrogen-bond donors (Lipinski definition) is 0. The molecule has 0 atom stereocenters. The highest BCUT2D eigenvalue weighted by Crippen LogP contribution is 2.35. The minimum atomic E-state index is -0.114. The molecule has 0 saturated carbocycles. The van der Waals surface area contributed by atoms with Crippen molar-refractivity contribution in [2.75, 3.05) is 4.90 Å². The van der Waals surface area contributed by atoms with Crippen LogP contribution < -0.4 is 4.90 Å². The summed E-state index contributed by atoms with van der Waals surface area (Å²) < 4.78 is 0. The Hall–Kier alpha value is -0.830. The summed E-state index contributed by atoms with van der Waals surface area (Å²) in [6.45, 7) is 6.28. The molecule has 2 rings (SSSR count). The lowest BCUT2D eigenvalue weighted by molar-refractivity contribution is -0.119. The van der Waals surface area contributed by atoms with Gasteiger partial charge in [-0.15, -0.1) is 11.3 Å². The monoisotopic (exact) mass is 223 g/mol. The molecule has 0 saturated heterocycles. The van der Waals surface area contributed by atoms with Crippen LogP contribution in [0.25, 0.3) is 0 Å². The van der Waals surface area contributed by atoms with Crippen LogP contribution >= 0.6 is 11.3 Å². The molecule has 0 radical (unpaired) electrons. The third-order valence-corrected chi connectivity index (χ3v) is 3.65. The maximum absolute atomic E-state index is 12.1. The van der Waals surface area contributed by atoms with Gasteiger partial charge >= 0.3 is 0 Å². The first-order valence-electron chi connectivity index (χ1n) is 5.39. The van der Waals surface area contributed by atoms with Crippen LogP contribution in [0.1, 0.15) is 38.5 Å². The molecule has 0 N–H and O–H groups in total. The maximum atomic E-state index is 12.1. The van der Waals surface area contributed by atoms with Crippen LogP contribution in [-0.2, 0) is 11.2 Å². The van der Waals surface area contributed by atoms with Crippen LogP contribution in [0, 0.1) is 0 Å². The molecular weight excluding hydrogens is 206 g/mol. The number of carbonyl (C=O) groups excluding carboxylic acids is 1. The lowest BCUT2D eigenvalue weighted by Gasteiger charge is -2.35. The van der Waals surface area contributed by atoms with Gasteiger partial charge in [-0.05, 0) is 45.1 Å². The lowest BCUT2D eigenvalue weighted by Crippen LogP contribution is -2.45. The van der Waals surface area contributed by atoms with E-state index in [-0.39, 0.29) is 11.4 Å². The van der Waals surface area contributed by atoms with E-state index in [1.165, 1.54) is 4.88 Å². The van der Waals surface area contributed by atoms with Crippen molar-refractivity contribution in [2.45, 2.75) is 45.6 Å². The highest BCUT2D eigenvalue weighted by molar-refractivity contribution is 7.10. The van der Waals surface area contributed by atoms with Crippen molar-refractivity contribution in [3.05, 3.63) is 16.3 Å². The Morgan fingerprint density at radius 3 is 2.73 bits per heavy atom. The molecule has 0 unspecified atom stereocenters. The van der Waals surface area contributed by atoms with Crippen LogP contribution in [0.5, 0.6) is 0 Å². The third-order valence-electron chi connectivity index (χ3n) is 2.68. The van der Waals surface area contributed by atoms with E-state index in [2.05, 4.69) is 32.2 Å². The van der Waals surface area contributed by atoms with Gasteiger partial charge in [-0.25, -0.2) is 0 Å². The molecule has 2 nitrogen and oxygen atoms in total. The third kappa shape index (κ3) is 1.93. The molecule has 0 aromatic carbocycles. The maximum Gasteiger partial charge on any atom is 0.227 e. The van der Waals surface area contributed by atoms with Crippen molar-refractivity contribution in [1.29, 1.82) is 0 Å². The van der Waals surface area contributed by atoms with Crippen LogP contribution in [0.4, 0.5) is 5.69 Å². The first-order valence-corrected chi connectivity index (χ1v) is 6.27. The predicted octanol–water partition coefficient (Wildman–Crippen LogP) is 3.22. The lowest BCUT2D eigenvalue weighted by atomic mass is 10.0. The molecule has 15 heavy (non-hydrogen) atoms. The topological polar surface area (TPSA) is 20.3 Å². The second-order valence-corrected chi connectivity index (χ2v) is 5.98. The SMILES string of the molecule is CC(C)(C)N1C(=O)CCCc2sccc21. The summed E-state index contributed by atoms with van der Waals surface area (Å²) >= 11 is 1.77. The van der Waals surface area contributed by atoms with Gasteiger partial charge in [0.2, 0.25) is 5.91 Å². The van der Waals surface area contributed by atoms with Crippen molar-refractivity contribution in [3.63, 3.8) is 0 Å². The summed E-state index contributed by atoms with van der Waals surface area (Å²) in [6.07, 6.45) is 2.71. The fraction of sp³-hybridized carbons (Fsp3) is 0.583. The van der Waals surface area contributed by atoms with E-state index in [0.29, 0.717) is 6.42 Å². The zero-order valence-electron chi connectivity index (χ0n) is 9.54. The largest absolute Gasteiger partial charge is 0.306 e. The summed E-state index contributed by atoms with van der Waals surface area (Å²) in [7, 11) is 0. The number of fused-ring (bicyclic) bond motifs is 1. The molecular formula is C12H17NOS. The first kappa shape index (κ1) is 10.7. The van der Waals surface area contributed by atoms with Crippen LogP contribution in [0.3, 0.4) is 0 Å². The predicted molar refractivity (Wildman–Crippen MR) is 64.5 cm³/mol. The Kier molecular flexibility index (Phi) is 2.59. The van der Waals surface area contributed by atoms with E-state index >= 15 is 0 Å². The van der Waals surface area contributed by atoms with Crippen LogP contribution in [0.2, 0.25) is 0 Å². The molecule has 1 aliphatic heterocycles. The Morgan fingerprint density at radius 1 is 1.33 bits per heavy atom. The Balaban J connectivity index is 2.47. The number of anilines is 1. The van der Waals surface area contributed by atoms with E-state index in [1.54, 1.807) is 11.3 Å². The number of nitrogens with zero attached hydrogens (tertiary/aromatic N) is 1. The average Bonchev–Trinajstić information content (AvgIpc) is 2.45. The minimum Gasteiger partial charge on any atom is -0.306 e. The standard InChI is InChI=1S/C12H17NOS/c1-12(2,3)13-9-7-8-15-10(9)5-4-6-11(13)14/h7-8H,4-6H2,1-3H3. The fourth-order valence-corrected chi connectivity index (χ4v) is 3.01. The number of rotatable bonds is 0. The molecule has 3 heteroatoms. The first-order chi connectivity index (χ1) is 7.00. The second-order valence-electron chi connectivity index (χ2n) is 4.98. The fourth-order valence-electron chi connectivity index (χ4n) is 2.10.